The Hall–Kier alpha value is -3.10. The van der Waals surface area contributed by atoms with Gasteiger partial charge in [-0.3, -0.25) is 10.1 Å². The van der Waals surface area contributed by atoms with Crippen molar-refractivity contribution in [2.75, 3.05) is 30.5 Å². The van der Waals surface area contributed by atoms with E-state index in [1.165, 1.54) is 6.08 Å². The number of para-hydroxylation sites is 1. The summed E-state index contributed by atoms with van der Waals surface area (Å²) in [4.78, 5) is 28.3. The first-order valence-corrected chi connectivity index (χ1v) is 15.1. The van der Waals surface area contributed by atoms with Crippen molar-refractivity contribution in [3.63, 3.8) is 0 Å². The van der Waals surface area contributed by atoms with E-state index in [9.17, 15) is 9.59 Å². The van der Waals surface area contributed by atoms with Gasteiger partial charge in [0.05, 0.1) is 31.0 Å². The number of carbonyl (C=O) groups excluding carboxylic acids is 2. The number of nitrogens with one attached hydrogen (secondary N) is 1. The summed E-state index contributed by atoms with van der Waals surface area (Å²) in [6.07, 6.45) is 1.52. The Morgan fingerprint density at radius 1 is 1.22 bits per heavy atom. The van der Waals surface area contributed by atoms with Gasteiger partial charge in [-0.05, 0) is 60.8 Å². The van der Waals surface area contributed by atoms with Crippen LogP contribution in [0.3, 0.4) is 0 Å². The van der Waals surface area contributed by atoms with Crippen molar-refractivity contribution in [3.8, 4) is 5.75 Å². The van der Waals surface area contributed by atoms with E-state index in [-0.39, 0.29) is 23.6 Å². The molecule has 36 heavy (non-hydrogen) atoms. The number of benzene rings is 2. The zero-order chi connectivity index (χ0) is 26.7. The maximum atomic E-state index is 14.2. The van der Waals surface area contributed by atoms with E-state index in [1.807, 2.05) is 31.2 Å². The van der Waals surface area contributed by atoms with E-state index < -0.39 is 14.4 Å². The third kappa shape index (κ3) is 5.82. The number of aryl methyl sites for hydroxylation is 1. The van der Waals surface area contributed by atoms with Crippen molar-refractivity contribution in [3.05, 3.63) is 65.7 Å². The molecule has 1 heterocycles. The third-order valence-electron chi connectivity index (χ3n) is 7.07. The average Bonchev–Trinajstić information content (AvgIpc) is 3.19. The van der Waals surface area contributed by atoms with Crippen LogP contribution < -0.4 is 15.0 Å². The molecule has 194 valence electrons. The first-order valence-electron chi connectivity index (χ1n) is 12.2. The summed E-state index contributed by atoms with van der Waals surface area (Å²) < 4.78 is 17.1. The Labute approximate surface area is 215 Å². The molecule has 0 radical (unpaired) electrons. The molecule has 0 fully saturated rings. The molecule has 0 saturated heterocycles. The van der Waals surface area contributed by atoms with Crippen molar-refractivity contribution in [1.82, 2.24) is 0 Å². The van der Waals surface area contributed by atoms with Gasteiger partial charge < -0.3 is 18.8 Å². The number of rotatable bonds is 8. The largest absolute Gasteiger partial charge is 0.496 e. The fourth-order valence-electron chi connectivity index (χ4n) is 3.99. The minimum absolute atomic E-state index is 0.0561. The summed E-state index contributed by atoms with van der Waals surface area (Å²) >= 11 is 0. The highest BCUT2D eigenvalue weighted by molar-refractivity contribution is 6.74. The smallest absolute Gasteiger partial charge is 0.411 e. The summed E-state index contributed by atoms with van der Waals surface area (Å²) in [5.74, 6) is 0.325. The van der Waals surface area contributed by atoms with Crippen molar-refractivity contribution in [2.45, 2.75) is 58.3 Å². The molecule has 2 aromatic rings. The lowest BCUT2D eigenvalue weighted by atomic mass is 10.1. The van der Waals surface area contributed by atoms with Gasteiger partial charge in [-0.25, -0.2) is 4.79 Å². The second-order valence-electron chi connectivity index (χ2n) is 10.6. The molecule has 1 aliphatic heterocycles. The van der Waals surface area contributed by atoms with Crippen LogP contribution in [0.4, 0.5) is 16.2 Å². The highest BCUT2D eigenvalue weighted by atomic mass is 28.4. The van der Waals surface area contributed by atoms with Gasteiger partial charge >= 0.3 is 6.09 Å². The highest BCUT2D eigenvalue weighted by Gasteiger charge is 2.41. The molecule has 8 heteroatoms. The van der Waals surface area contributed by atoms with E-state index in [0.717, 1.165) is 16.8 Å². The number of ether oxygens (including phenoxy) is 2. The van der Waals surface area contributed by atoms with Crippen LogP contribution in [0.5, 0.6) is 5.75 Å². The standard InChI is InChI=1S/C28H38N2O5Si/c1-9-14-34-27(32)29-23-15-19(2)25(33-6)17-22(23)26(31)30-21(16-20-12-10-11-13-24(20)30)18-35-36(7,8)28(3,4)5/h9-13,15,17,21H,1,14,16,18H2,2-8H3,(H,29,32)/t21-/m0/s1. The number of hydrogen-bond acceptors (Lipinski definition) is 5. The SMILES string of the molecule is C=CCOC(=O)Nc1cc(C)c(OC)cc1C(=O)N1c2ccccc2C[C@H]1CO[Si](C)(C)C(C)(C)C. The van der Waals surface area contributed by atoms with Crippen molar-refractivity contribution < 1.29 is 23.5 Å². The van der Waals surface area contributed by atoms with Crippen LogP contribution in [0.1, 0.15) is 42.3 Å². The van der Waals surface area contributed by atoms with E-state index in [1.54, 1.807) is 24.1 Å². The van der Waals surface area contributed by atoms with Gasteiger partial charge in [0, 0.05) is 5.69 Å². The number of anilines is 2. The molecule has 1 atom stereocenters. The van der Waals surface area contributed by atoms with Crippen molar-refractivity contribution in [1.29, 1.82) is 0 Å². The van der Waals surface area contributed by atoms with E-state index in [4.69, 9.17) is 13.9 Å². The minimum atomic E-state index is -2.03. The second-order valence-corrected chi connectivity index (χ2v) is 15.4. The lowest BCUT2D eigenvalue weighted by Gasteiger charge is -2.38. The van der Waals surface area contributed by atoms with Gasteiger partial charge in [0.2, 0.25) is 0 Å². The Kier molecular flexibility index (Phi) is 8.31. The molecule has 3 rings (SSSR count). The Morgan fingerprint density at radius 2 is 1.92 bits per heavy atom. The number of carbonyl (C=O) groups is 2. The van der Waals surface area contributed by atoms with Crippen LogP contribution in [0.2, 0.25) is 18.1 Å². The van der Waals surface area contributed by atoms with Crippen LogP contribution >= 0.6 is 0 Å². The molecule has 0 spiro atoms. The van der Waals surface area contributed by atoms with Gasteiger partial charge in [0.15, 0.2) is 8.32 Å². The number of nitrogens with zero attached hydrogens (tertiary/aromatic N) is 1. The normalized spacial score (nSPS) is 15.3. The number of methoxy groups -OCH3 is 1. The van der Waals surface area contributed by atoms with Gasteiger partial charge in [0.25, 0.3) is 5.91 Å². The van der Waals surface area contributed by atoms with Crippen LogP contribution in [-0.2, 0) is 15.6 Å². The van der Waals surface area contributed by atoms with E-state index >= 15 is 0 Å². The fraction of sp³-hybridized carbons (Fsp3) is 0.429. The molecule has 1 N–H and O–H groups in total. The lowest BCUT2D eigenvalue weighted by molar-refractivity contribution is 0.0970. The Bertz CT molecular complexity index is 1140. The number of amides is 2. The van der Waals surface area contributed by atoms with Gasteiger partial charge in [0.1, 0.15) is 12.4 Å². The maximum Gasteiger partial charge on any atom is 0.411 e. The summed E-state index contributed by atoms with van der Waals surface area (Å²) in [5, 5.41) is 2.78. The minimum Gasteiger partial charge on any atom is -0.496 e. The molecule has 0 aromatic heterocycles. The molecular weight excluding hydrogens is 472 g/mol. The summed E-state index contributed by atoms with van der Waals surface area (Å²) in [6, 6.07) is 11.1. The molecule has 1 aliphatic rings. The Balaban J connectivity index is 2.00. The molecule has 0 aliphatic carbocycles. The summed E-state index contributed by atoms with van der Waals surface area (Å²) in [5.41, 5.74) is 3.41. The average molecular weight is 511 g/mol. The monoisotopic (exact) mass is 510 g/mol. The Morgan fingerprint density at radius 3 is 2.56 bits per heavy atom. The first kappa shape index (κ1) is 27.5. The third-order valence-corrected chi connectivity index (χ3v) is 11.6. The van der Waals surface area contributed by atoms with Crippen LogP contribution in [0, 0.1) is 6.92 Å². The highest BCUT2D eigenvalue weighted by Crippen LogP contribution is 2.39. The number of hydrogen-bond donors (Lipinski definition) is 1. The second kappa shape index (κ2) is 10.9. The first-order chi connectivity index (χ1) is 16.9. The topological polar surface area (TPSA) is 77.1 Å². The van der Waals surface area contributed by atoms with E-state index in [2.05, 4.69) is 45.8 Å². The number of fused-ring (bicyclic) bond motifs is 1. The molecule has 0 saturated carbocycles. The van der Waals surface area contributed by atoms with Gasteiger partial charge in [-0.2, -0.15) is 0 Å². The predicted octanol–water partition coefficient (Wildman–Crippen LogP) is 6.33. The molecule has 0 bridgehead atoms. The van der Waals surface area contributed by atoms with Crippen LogP contribution in [0.15, 0.2) is 49.1 Å². The zero-order valence-electron chi connectivity index (χ0n) is 22.4. The molecule has 2 aromatic carbocycles. The van der Waals surface area contributed by atoms with Crippen LogP contribution in [0.25, 0.3) is 0 Å². The molecule has 2 amide bonds. The lowest BCUT2D eigenvalue weighted by Crippen LogP contribution is -2.47. The van der Waals surface area contributed by atoms with Crippen molar-refractivity contribution >= 4 is 31.7 Å². The molecule has 7 nitrogen and oxygen atoms in total. The van der Waals surface area contributed by atoms with E-state index in [0.29, 0.717) is 30.0 Å². The van der Waals surface area contributed by atoms with Gasteiger partial charge in [-0.15, -0.1) is 0 Å². The maximum absolute atomic E-state index is 14.2. The fourth-order valence-corrected chi connectivity index (χ4v) is 5.03. The molecule has 0 unspecified atom stereocenters. The zero-order valence-corrected chi connectivity index (χ0v) is 23.4. The van der Waals surface area contributed by atoms with Gasteiger partial charge in [-0.1, -0.05) is 51.6 Å². The quantitative estimate of drug-likeness (QED) is 0.332. The van der Waals surface area contributed by atoms with Crippen molar-refractivity contribution in [2.24, 2.45) is 0 Å². The van der Waals surface area contributed by atoms with Crippen LogP contribution in [-0.4, -0.2) is 46.7 Å². The predicted molar refractivity (Wildman–Crippen MR) is 147 cm³/mol. The molecular formula is C28H38N2O5Si. The summed E-state index contributed by atoms with van der Waals surface area (Å²) in [6.45, 7) is 16.9. The summed E-state index contributed by atoms with van der Waals surface area (Å²) in [7, 11) is -0.468.